The van der Waals surface area contributed by atoms with Crippen LogP contribution < -0.4 is 10.1 Å². The molecule has 2 heterocycles. The molecule has 0 bridgehead atoms. The largest absolute Gasteiger partial charge is 0.497 e. The van der Waals surface area contributed by atoms with E-state index in [1.54, 1.807) is 33.1 Å². The zero-order chi connectivity index (χ0) is 26.4. The number of nitrogens with one attached hydrogen (secondary N) is 1. The normalized spacial score (nSPS) is 18.8. The first-order valence-electron chi connectivity index (χ1n) is 13.1. The molecule has 2 aromatic rings. The first-order valence-corrected chi connectivity index (χ1v) is 14.5. The van der Waals surface area contributed by atoms with Gasteiger partial charge in [-0.1, -0.05) is 24.3 Å². The maximum Gasteiger partial charge on any atom is 0.246 e. The SMILES string of the molecule is COc1cc(C)c(S(=O)(=O)N2CCCC2COCC(=O)NCc2ccc(CN3CCCC3)cc2)c(C)c1. The Morgan fingerprint density at radius 1 is 1.00 bits per heavy atom. The number of rotatable bonds is 11. The number of hydrogen-bond donors (Lipinski definition) is 1. The molecule has 4 rings (SSSR count). The van der Waals surface area contributed by atoms with Gasteiger partial charge >= 0.3 is 0 Å². The second-order valence-corrected chi connectivity index (χ2v) is 11.9. The highest BCUT2D eigenvalue weighted by atomic mass is 32.2. The number of nitrogens with zero attached hydrogens (tertiary/aromatic N) is 2. The minimum Gasteiger partial charge on any atom is -0.497 e. The predicted molar refractivity (Wildman–Crippen MR) is 143 cm³/mol. The van der Waals surface area contributed by atoms with Crippen LogP contribution in [0.2, 0.25) is 0 Å². The molecule has 0 radical (unpaired) electrons. The summed E-state index contributed by atoms with van der Waals surface area (Å²) in [4.78, 5) is 15.1. The van der Waals surface area contributed by atoms with Gasteiger partial charge < -0.3 is 14.8 Å². The van der Waals surface area contributed by atoms with Crippen molar-refractivity contribution in [3.8, 4) is 5.75 Å². The van der Waals surface area contributed by atoms with Gasteiger partial charge in [-0.15, -0.1) is 0 Å². The zero-order valence-corrected chi connectivity index (χ0v) is 23.0. The molecule has 0 aliphatic carbocycles. The quantitative estimate of drug-likeness (QED) is 0.480. The van der Waals surface area contributed by atoms with Crippen molar-refractivity contribution in [2.24, 2.45) is 0 Å². The Morgan fingerprint density at radius 3 is 2.30 bits per heavy atom. The number of hydrogen-bond acceptors (Lipinski definition) is 6. The van der Waals surface area contributed by atoms with E-state index in [1.807, 2.05) is 0 Å². The molecule has 2 fully saturated rings. The second kappa shape index (κ2) is 12.4. The summed E-state index contributed by atoms with van der Waals surface area (Å²) in [5, 5.41) is 2.89. The fourth-order valence-electron chi connectivity index (χ4n) is 5.35. The van der Waals surface area contributed by atoms with Gasteiger partial charge in [0.15, 0.2) is 0 Å². The Morgan fingerprint density at radius 2 is 1.65 bits per heavy atom. The van der Waals surface area contributed by atoms with Gasteiger partial charge in [-0.3, -0.25) is 9.69 Å². The van der Waals surface area contributed by atoms with Gasteiger partial charge in [-0.25, -0.2) is 8.42 Å². The number of amides is 1. The molecule has 1 unspecified atom stereocenters. The molecule has 1 amide bonds. The number of benzene rings is 2. The highest BCUT2D eigenvalue weighted by Crippen LogP contribution is 2.32. The van der Waals surface area contributed by atoms with E-state index in [9.17, 15) is 13.2 Å². The summed E-state index contributed by atoms with van der Waals surface area (Å²) in [5.41, 5.74) is 3.65. The lowest BCUT2D eigenvalue weighted by atomic mass is 10.1. The van der Waals surface area contributed by atoms with E-state index in [0.29, 0.717) is 41.3 Å². The fraction of sp³-hybridized carbons (Fsp3) is 0.536. The number of likely N-dealkylation sites (tertiary alicyclic amines) is 1. The molecule has 2 aliphatic rings. The van der Waals surface area contributed by atoms with Gasteiger partial charge in [0.1, 0.15) is 12.4 Å². The molecule has 0 spiro atoms. The molecule has 0 saturated carbocycles. The second-order valence-electron chi connectivity index (χ2n) is 10.1. The molecule has 8 nitrogen and oxygen atoms in total. The van der Waals surface area contributed by atoms with Crippen LogP contribution in [-0.4, -0.2) is 69.5 Å². The average Bonchev–Trinajstić information content (AvgIpc) is 3.55. The van der Waals surface area contributed by atoms with Crippen molar-refractivity contribution in [2.45, 2.75) is 63.6 Å². The molecule has 9 heteroatoms. The van der Waals surface area contributed by atoms with E-state index in [2.05, 4.69) is 34.5 Å². The minimum absolute atomic E-state index is 0.0992. The lowest BCUT2D eigenvalue weighted by molar-refractivity contribution is -0.126. The van der Waals surface area contributed by atoms with Crippen LogP contribution in [0.5, 0.6) is 5.75 Å². The summed E-state index contributed by atoms with van der Waals surface area (Å²) < 4.78 is 39.5. The summed E-state index contributed by atoms with van der Waals surface area (Å²) in [6.07, 6.45) is 4.03. The first kappa shape index (κ1) is 27.6. The van der Waals surface area contributed by atoms with Gasteiger partial charge in [-0.05, 0) is 87.0 Å². The first-order chi connectivity index (χ1) is 17.8. The van der Waals surface area contributed by atoms with E-state index in [-0.39, 0.29) is 25.2 Å². The monoisotopic (exact) mass is 529 g/mol. The highest BCUT2D eigenvalue weighted by Gasteiger charge is 2.37. The van der Waals surface area contributed by atoms with Crippen molar-refractivity contribution in [1.29, 1.82) is 0 Å². The van der Waals surface area contributed by atoms with Gasteiger partial charge in [0.05, 0.1) is 18.6 Å². The van der Waals surface area contributed by atoms with Crippen LogP contribution in [0.4, 0.5) is 0 Å². The molecule has 202 valence electrons. The maximum absolute atomic E-state index is 13.5. The molecule has 37 heavy (non-hydrogen) atoms. The minimum atomic E-state index is -3.69. The third-order valence-corrected chi connectivity index (χ3v) is 9.48. The fourth-order valence-corrected chi connectivity index (χ4v) is 7.44. The number of aryl methyl sites for hydroxylation is 2. The van der Waals surface area contributed by atoms with E-state index in [1.165, 1.54) is 35.8 Å². The predicted octanol–water partition coefficient (Wildman–Crippen LogP) is 3.39. The molecule has 2 saturated heterocycles. The molecule has 0 aromatic heterocycles. The van der Waals surface area contributed by atoms with Crippen LogP contribution >= 0.6 is 0 Å². The summed E-state index contributed by atoms with van der Waals surface area (Å²) in [5.74, 6) is 0.426. The summed E-state index contributed by atoms with van der Waals surface area (Å²) in [6, 6.07) is 11.5. The Labute approximate surface area is 221 Å². The number of carbonyl (C=O) groups is 1. The van der Waals surface area contributed by atoms with Crippen molar-refractivity contribution in [1.82, 2.24) is 14.5 Å². The van der Waals surface area contributed by atoms with E-state index < -0.39 is 10.0 Å². The van der Waals surface area contributed by atoms with Crippen LogP contribution in [0, 0.1) is 13.8 Å². The Bertz CT molecular complexity index is 1150. The summed E-state index contributed by atoms with van der Waals surface area (Å²) in [6.45, 7) is 7.86. The number of sulfonamides is 1. The van der Waals surface area contributed by atoms with Crippen LogP contribution in [0.15, 0.2) is 41.3 Å². The topological polar surface area (TPSA) is 88.2 Å². The Balaban J connectivity index is 1.25. The summed E-state index contributed by atoms with van der Waals surface area (Å²) in [7, 11) is -2.12. The molecular formula is C28H39N3O5S. The van der Waals surface area contributed by atoms with Gasteiger partial charge in [0.25, 0.3) is 0 Å². The zero-order valence-electron chi connectivity index (χ0n) is 22.2. The van der Waals surface area contributed by atoms with Crippen molar-refractivity contribution in [3.63, 3.8) is 0 Å². The van der Waals surface area contributed by atoms with Crippen LogP contribution in [0.3, 0.4) is 0 Å². The van der Waals surface area contributed by atoms with Crippen LogP contribution in [-0.2, 0) is 32.6 Å². The third-order valence-electron chi connectivity index (χ3n) is 7.22. The third kappa shape index (κ3) is 6.90. The molecule has 1 N–H and O–H groups in total. The number of ether oxygens (including phenoxy) is 2. The molecule has 2 aliphatic heterocycles. The number of carbonyl (C=O) groups excluding carboxylic acids is 1. The smallest absolute Gasteiger partial charge is 0.246 e. The molecular weight excluding hydrogens is 490 g/mol. The van der Waals surface area contributed by atoms with Crippen molar-refractivity contribution >= 4 is 15.9 Å². The average molecular weight is 530 g/mol. The Kier molecular flexibility index (Phi) is 9.23. The lowest BCUT2D eigenvalue weighted by Gasteiger charge is -2.26. The van der Waals surface area contributed by atoms with Gasteiger partial charge in [0, 0.05) is 25.7 Å². The summed E-state index contributed by atoms with van der Waals surface area (Å²) >= 11 is 0. The highest BCUT2D eigenvalue weighted by molar-refractivity contribution is 7.89. The van der Waals surface area contributed by atoms with E-state index >= 15 is 0 Å². The standard InChI is InChI=1S/C28H39N3O5S/c1-21-15-26(35-3)16-22(2)28(21)37(33,34)31-14-6-7-25(31)19-36-20-27(32)29-17-23-8-10-24(11-9-23)18-30-12-4-5-13-30/h8-11,15-16,25H,4-7,12-14,17-20H2,1-3H3,(H,29,32). The van der Waals surface area contributed by atoms with Crippen molar-refractivity contribution < 1.29 is 22.7 Å². The molecule has 1 atom stereocenters. The maximum atomic E-state index is 13.5. The number of methoxy groups -OCH3 is 1. The van der Waals surface area contributed by atoms with E-state index in [4.69, 9.17) is 9.47 Å². The Hall–Kier alpha value is -2.46. The van der Waals surface area contributed by atoms with Crippen LogP contribution in [0.25, 0.3) is 0 Å². The lowest BCUT2D eigenvalue weighted by Crippen LogP contribution is -2.39. The molecule has 2 aromatic carbocycles. The van der Waals surface area contributed by atoms with Crippen LogP contribution in [0.1, 0.15) is 47.9 Å². The van der Waals surface area contributed by atoms with Gasteiger partial charge in [0.2, 0.25) is 15.9 Å². The van der Waals surface area contributed by atoms with Crippen molar-refractivity contribution in [3.05, 3.63) is 58.7 Å². The van der Waals surface area contributed by atoms with E-state index in [0.717, 1.165) is 18.5 Å². The van der Waals surface area contributed by atoms with Crippen molar-refractivity contribution in [2.75, 3.05) is 40.0 Å². The van der Waals surface area contributed by atoms with Gasteiger partial charge in [-0.2, -0.15) is 4.31 Å².